The summed E-state index contributed by atoms with van der Waals surface area (Å²) in [6.45, 7) is 14.7. The second-order valence-electron chi connectivity index (χ2n) is 14.1. The molecule has 6 rings (SSSR count). The van der Waals surface area contributed by atoms with E-state index in [4.69, 9.17) is 23.9 Å². The van der Waals surface area contributed by atoms with E-state index in [0.29, 0.717) is 30.4 Å². The Labute approximate surface area is 314 Å². The number of para-hydroxylation sites is 2. The number of aromatic nitrogens is 2. The van der Waals surface area contributed by atoms with E-state index in [1.54, 1.807) is 33.5 Å². The zero-order valence-electron chi connectivity index (χ0n) is 32.5. The van der Waals surface area contributed by atoms with Gasteiger partial charge in [0.1, 0.15) is 5.82 Å². The minimum atomic E-state index is -0.329. The van der Waals surface area contributed by atoms with Crippen LogP contribution in [0.4, 0.5) is 10.3 Å². The van der Waals surface area contributed by atoms with Crippen LogP contribution < -0.4 is 19.1 Å². The highest BCUT2D eigenvalue weighted by Gasteiger charge is 2.42. The average molecular weight is 732 g/mol. The third-order valence-electron chi connectivity index (χ3n) is 10.5. The smallest absolute Gasteiger partial charge is 0.228 e. The summed E-state index contributed by atoms with van der Waals surface area (Å²) in [4.78, 5) is 25.6. The van der Waals surface area contributed by atoms with Gasteiger partial charge in [-0.25, -0.2) is 9.37 Å². The third kappa shape index (κ3) is 10.00. The number of aryl methyl sites for hydroxylation is 1. The SMILES string of the molecule is CCOCCn1c(N2CCCN(CCCC3(C)CCN(Cc4cc(OC)c(OC)c(OC)c4)C3=O)CC2)nc2ccccc21.CCc1ccc(F)cc1. The number of fused-ring (bicyclic) bond motifs is 1. The molecule has 1 aromatic heterocycles. The zero-order chi connectivity index (χ0) is 37.8. The van der Waals surface area contributed by atoms with Crippen LogP contribution >= 0.6 is 0 Å². The van der Waals surface area contributed by atoms with Gasteiger partial charge in [-0.2, -0.15) is 0 Å². The lowest BCUT2D eigenvalue weighted by atomic mass is 9.84. The van der Waals surface area contributed by atoms with Crippen LogP contribution in [0.2, 0.25) is 0 Å². The lowest BCUT2D eigenvalue weighted by Gasteiger charge is -2.26. The summed E-state index contributed by atoms with van der Waals surface area (Å²) in [5.74, 6) is 2.90. The monoisotopic (exact) mass is 731 g/mol. The van der Waals surface area contributed by atoms with Crippen molar-refractivity contribution >= 4 is 22.9 Å². The molecular weight excluding hydrogens is 673 g/mol. The van der Waals surface area contributed by atoms with E-state index < -0.39 is 0 Å². The van der Waals surface area contributed by atoms with Crippen molar-refractivity contribution in [2.24, 2.45) is 5.41 Å². The predicted molar refractivity (Wildman–Crippen MR) is 209 cm³/mol. The van der Waals surface area contributed by atoms with Gasteiger partial charge >= 0.3 is 0 Å². The summed E-state index contributed by atoms with van der Waals surface area (Å²) < 4.78 is 36.7. The highest BCUT2D eigenvalue weighted by Crippen LogP contribution is 2.41. The fraction of sp³-hybridized carbons (Fsp3) is 0.524. The van der Waals surface area contributed by atoms with Gasteiger partial charge in [-0.1, -0.05) is 38.1 Å². The lowest BCUT2D eigenvalue weighted by Crippen LogP contribution is -2.35. The van der Waals surface area contributed by atoms with Crippen LogP contribution in [-0.2, 0) is 29.0 Å². The Morgan fingerprint density at radius 2 is 1.58 bits per heavy atom. The highest BCUT2D eigenvalue weighted by molar-refractivity contribution is 5.84. The molecule has 0 radical (unpaired) electrons. The van der Waals surface area contributed by atoms with Gasteiger partial charge < -0.3 is 38.2 Å². The van der Waals surface area contributed by atoms with E-state index in [2.05, 4.69) is 45.6 Å². The van der Waals surface area contributed by atoms with Crippen molar-refractivity contribution in [3.8, 4) is 17.2 Å². The van der Waals surface area contributed by atoms with Crippen molar-refractivity contribution < 1.29 is 28.1 Å². The van der Waals surface area contributed by atoms with Gasteiger partial charge in [-0.3, -0.25) is 4.79 Å². The fourth-order valence-corrected chi connectivity index (χ4v) is 7.43. The van der Waals surface area contributed by atoms with Crippen LogP contribution in [0.1, 0.15) is 57.6 Å². The van der Waals surface area contributed by atoms with Gasteiger partial charge in [0, 0.05) is 51.3 Å². The Balaban J connectivity index is 0.000000526. The molecule has 2 aliphatic heterocycles. The molecule has 0 aliphatic carbocycles. The maximum absolute atomic E-state index is 13.6. The molecule has 2 saturated heterocycles. The van der Waals surface area contributed by atoms with E-state index in [1.807, 2.05) is 30.9 Å². The molecule has 0 N–H and O–H groups in total. The predicted octanol–water partition coefficient (Wildman–Crippen LogP) is 7.22. The molecule has 288 valence electrons. The summed E-state index contributed by atoms with van der Waals surface area (Å²) in [5, 5.41) is 0. The minimum absolute atomic E-state index is 0.160. The van der Waals surface area contributed by atoms with Crippen LogP contribution in [0.25, 0.3) is 11.0 Å². The van der Waals surface area contributed by atoms with Gasteiger partial charge in [0.25, 0.3) is 0 Å². The number of carbonyl (C=O) groups is 1. The largest absolute Gasteiger partial charge is 0.493 e. The van der Waals surface area contributed by atoms with E-state index >= 15 is 0 Å². The van der Waals surface area contributed by atoms with Crippen LogP contribution in [0.15, 0.2) is 60.7 Å². The second kappa shape index (κ2) is 19.1. The first-order valence-corrected chi connectivity index (χ1v) is 19.1. The number of amides is 1. The van der Waals surface area contributed by atoms with Crippen LogP contribution in [0.5, 0.6) is 17.2 Å². The van der Waals surface area contributed by atoms with Gasteiger partial charge in [-0.15, -0.1) is 0 Å². The first kappa shape index (κ1) is 39.8. The summed E-state index contributed by atoms with van der Waals surface area (Å²) in [5.41, 5.74) is 4.02. The number of hydrogen-bond acceptors (Lipinski definition) is 8. The molecule has 0 saturated carbocycles. The number of methoxy groups -OCH3 is 3. The highest BCUT2D eigenvalue weighted by atomic mass is 19.1. The summed E-state index contributed by atoms with van der Waals surface area (Å²) in [6.07, 6.45) is 4.84. The summed E-state index contributed by atoms with van der Waals surface area (Å²) in [7, 11) is 4.82. The first-order valence-electron chi connectivity index (χ1n) is 19.1. The Morgan fingerprint density at radius 1 is 0.849 bits per heavy atom. The first-order chi connectivity index (χ1) is 25.7. The maximum atomic E-state index is 13.6. The number of likely N-dealkylation sites (tertiary alicyclic amines) is 1. The molecule has 2 fully saturated rings. The number of rotatable bonds is 15. The second-order valence-corrected chi connectivity index (χ2v) is 14.1. The fourth-order valence-electron chi connectivity index (χ4n) is 7.43. The van der Waals surface area contributed by atoms with E-state index in [9.17, 15) is 9.18 Å². The quantitative estimate of drug-likeness (QED) is 0.119. The molecule has 53 heavy (non-hydrogen) atoms. The third-order valence-corrected chi connectivity index (χ3v) is 10.5. The standard InChI is InChI=1S/C34H49N5O5.C8H9F/c1-6-44-22-21-39-28-12-8-7-11-27(28)35-33(39)37-17-10-16-36(19-20-37)15-9-13-34(2)14-18-38(32(34)40)25-26-23-29(41-3)31(43-5)30(24-26)42-4;1-2-7-3-5-8(9)6-4-7/h7-8,11-12,23-24H,6,9-10,13-22,25H2,1-5H3;3-6H,2H2,1H3. The molecule has 10 nitrogen and oxygen atoms in total. The maximum Gasteiger partial charge on any atom is 0.228 e. The van der Waals surface area contributed by atoms with Crippen LogP contribution in [-0.4, -0.2) is 99.1 Å². The van der Waals surface area contributed by atoms with Crippen molar-refractivity contribution in [3.05, 3.63) is 77.6 Å². The van der Waals surface area contributed by atoms with Gasteiger partial charge in [0.15, 0.2) is 11.5 Å². The number of nitrogens with zero attached hydrogens (tertiary/aromatic N) is 5. The Morgan fingerprint density at radius 3 is 2.26 bits per heavy atom. The molecular formula is C42H58FN5O5. The summed E-state index contributed by atoms with van der Waals surface area (Å²) >= 11 is 0. The lowest BCUT2D eigenvalue weighted by molar-refractivity contribution is -0.136. The van der Waals surface area contributed by atoms with Crippen molar-refractivity contribution in [1.82, 2.24) is 19.4 Å². The van der Waals surface area contributed by atoms with Gasteiger partial charge in [-0.05, 0) is 99.6 Å². The van der Waals surface area contributed by atoms with E-state index in [0.717, 1.165) is 107 Å². The number of benzene rings is 3. The number of hydrogen-bond donors (Lipinski definition) is 0. The average Bonchev–Trinajstić information content (AvgIpc) is 3.56. The van der Waals surface area contributed by atoms with E-state index in [-0.39, 0.29) is 17.1 Å². The molecule has 3 aromatic carbocycles. The molecule has 1 unspecified atom stereocenters. The molecule has 0 spiro atoms. The number of carbonyl (C=O) groups excluding carboxylic acids is 1. The number of halogens is 1. The molecule has 0 bridgehead atoms. The van der Waals surface area contributed by atoms with Crippen molar-refractivity contribution in [3.63, 3.8) is 0 Å². The number of ether oxygens (including phenoxy) is 4. The van der Waals surface area contributed by atoms with Gasteiger partial charge in [0.2, 0.25) is 17.6 Å². The van der Waals surface area contributed by atoms with Gasteiger partial charge in [0.05, 0.1) is 39.0 Å². The van der Waals surface area contributed by atoms with Crippen LogP contribution in [0, 0.1) is 11.2 Å². The van der Waals surface area contributed by atoms with E-state index in [1.165, 1.54) is 17.7 Å². The minimum Gasteiger partial charge on any atom is -0.493 e. The van der Waals surface area contributed by atoms with Crippen LogP contribution in [0.3, 0.4) is 0 Å². The molecule has 4 aromatic rings. The molecule has 2 aliphatic rings. The number of anilines is 1. The molecule has 11 heteroatoms. The molecule has 3 heterocycles. The summed E-state index contributed by atoms with van der Waals surface area (Å²) in [6, 6.07) is 18.8. The topological polar surface area (TPSA) is 81.5 Å². The number of imidazole rings is 1. The van der Waals surface area contributed by atoms with Crippen molar-refractivity contribution in [1.29, 1.82) is 0 Å². The Kier molecular flexibility index (Phi) is 14.4. The van der Waals surface area contributed by atoms with Crippen molar-refractivity contribution in [2.75, 3.05) is 78.7 Å². The zero-order valence-corrected chi connectivity index (χ0v) is 32.5. The Hall–Kier alpha value is -4.35. The molecule has 1 atom stereocenters. The van der Waals surface area contributed by atoms with Crippen molar-refractivity contribution in [2.45, 2.75) is 66.0 Å². The normalized spacial score (nSPS) is 17.8. The molecule has 1 amide bonds. The Bertz CT molecular complexity index is 1740.